The van der Waals surface area contributed by atoms with Gasteiger partial charge in [0.1, 0.15) is 5.56 Å². The van der Waals surface area contributed by atoms with Crippen molar-refractivity contribution >= 4 is 29.0 Å². The third-order valence-electron chi connectivity index (χ3n) is 1.30. The fraction of sp³-hybridized carbons (Fsp3) is 0. The molecular weight excluding hydrogens is 173 g/mol. The van der Waals surface area contributed by atoms with Crippen LogP contribution in [-0.4, -0.2) is 33.5 Å². The average Bonchev–Trinajstić information content (AvgIpc) is 1.94. The minimum atomic E-state index is -1.19. The van der Waals surface area contributed by atoms with Gasteiger partial charge in [0.15, 0.2) is 5.75 Å². The molecular formula is C7H7AlNO3. The normalized spacial score (nSPS) is 8.67. The Balaban J connectivity index is 0.00000121. The number of aromatic hydroxyl groups is 1. The highest BCUT2D eigenvalue weighted by Gasteiger charge is 2.09. The van der Waals surface area contributed by atoms with Gasteiger partial charge in [-0.25, -0.2) is 4.79 Å². The second-order valence-corrected chi connectivity index (χ2v) is 2.05. The molecule has 0 bridgehead atoms. The van der Waals surface area contributed by atoms with E-state index in [1.807, 2.05) is 0 Å². The number of hydrogen-bond donors (Lipinski definition) is 3. The first-order valence-electron chi connectivity index (χ1n) is 2.93. The molecule has 0 aliphatic carbocycles. The van der Waals surface area contributed by atoms with Crippen LogP contribution in [0.5, 0.6) is 5.75 Å². The molecule has 4 N–H and O–H groups in total. The molecule has 4 nitrogen and oxygen atoms in total. The molecule has 0 aliphatic rings. The number of carbonyl (C=O) groups is 1. The van der Waals surface area contributed by atoms with Gasteiger partial charge in [0.05, 0.1) is 5.69 Å². The summed E-state index contributed by atoms with van der Waals surface area (Å²) in [5.74, 6) is -1.56. The van der Waals surface area contributed by atoms with Crippen molar-refractivity contribution in [2.24, 2.45) is 0 Å². The molecule has 0 aliphatic heterocycles. The number of hydrogen-bond acceptors (Lipinski definition) is 3. The summed E-state index contributed by atoms with van der Waals surface area (Å²) in [6.07, 6.45) is 0. The number of carboxylic acids is 1. The van der Waals surface area contributed by atoms with Gasteiger partial charge < -0.3 is 15.9 Å². The summed E-state index contributed by atoms with van der Waals surface area (Å²) in [6, 6.07) is 4.19. The lowest BCUT2D eigenvalue weighted by Gasteiger charge is -2.00. The summed E-state index contributed by atoms with van der Waals surface area (Å²) < 4.78 is 0. The summed E-state index contributed by atoms with van der Waals surface area (Å²) >= 11 is 0. The van der Waals surface area contributed by atoms with E-state index < -0.39 is 5.97 Å². The number of rotatable bonds is 1. The Hall–Kier alpha value is -1.18. The Labute approximate surface area is 79.8 Å². The van der Waals surface area contributed by atoms with Crippen molar-refractivity contribution < 1.29 is 15.0 Å². The molecule has 1 aromatic rings. The van der Waals surface area contributed by atoms with Gasteiger partial charge >= 0.3 is 5.97 Å². The third kappa shape index (κ3) is 1.91. The van der Waals surface area contributed by atoms with Crippen molar-refractivity contribution in [2.75, 3.05) is 5.73 Å². The molecule has 0 spiro atoms. The van der Waals surface area contributed by atoms with Gasteiger partial charge in [-0.15, -0.1) is 0 Å². The predicted molar refractivity (Wildman–Crippen MR) is 45.2 cm³/mol. The quantitative estimate of drug-likeness (QED) is 0.329. The second kappa shape index (κ2) is 4.00. The van der Waals surface area contributed by atoms with Crippen LogP contribution in [-0.2, 0) is 0 Å². The van der Waals surface area contributed by atoms with Crippen LogP contribution in [0.25, 0.3) is 0 Å². The molecule has 0 saturated carbocycles. The van der Waals surface area contributed by atoms with Crippen molar-refractivity contribution in [3.05, 3.63) is 23.8 Å². The maximum absolute atomic E-state index is 10.4. The number of nitrogens with two attached hydrogens (primary N) is 1. The minimum absolute atomic E-state index is 0. The summed E-state index contributed by atoms with van der Waals surface area (Å²) in [4.78, 5) is 10.4. The Bertz CT molecular complexity index is 301. The summed E-state index contributed by atoms with van der Waals surface area (Å²) in [7, 11) is 0. The predicted octanol–water partition coefficient (Wildman–Crippen LogP) is 0.292. The van der Waals surface area contributed by atoms with Gasteiger partial charge in [0, 0.05) is 17.4 Å². The van der Waals surface area contributed by atoms with E-state index in [0.717, 1.165) is 0 Å². The lowest BCUT2D eigenvalue weighted by Crippen LogP contribution is -1.98. The molecule has 0 amide bonds. The first kappa shape index (κ1) is 10.8. The van der Waals surface area contributed by atoms with Gasteiger partial charge in [-0.2, -0.15) is 0 Å². The zero-order chi connectivity index (χ0) is 8.43. The lowest BCUT2D eigenvalue weighted by molar-refractivity contribution is 0.0694. The first-order chi connectivity index (χ1) is 5.13. The van der Waals surface area contributed by atoms with E-state index in [0.29, 0.717) is 0 Å². The molecule has 0 aromatic heterocycles. The van der Waals surface area contributed by atoms with Crippen LogP contribution in [0, 0.1) is 0 Å². The van der Waals surface area contributed by atoms with E-state index in [4.69, 9.17) is 15.9 Å². The van der Waals surface area contributed by atoms with E-state index in [9.17, 15) is 4.79 Å². The monoisotopic (exact) mass is 180 g/mol. The molecule has 0 saturated heterocycles. The number of aromatic carboxylic acids is 1. The van der Waals surface area contributed by atoms with E-state index in [1.165, 1.54) is 18.2 Å². The fourth-order valence-electron chi connectivity index (χ4n) is 0.734. The number of para-hydroxylation sites is 1. The highest BCUT2D eigenvalue weighted by atomic mass is 27.0. The number of nitrogen functional groups attached to an aromatic ring is 1. The van der Waals surface area contributed by atoms with Crippen molar-refractivity contribution in [1.82, 2.24) is 0 Å². The smallest absolute Gasteiger partial charge is 0.339 e. The van der Waals surface area contributed by atoms with Crippen LogP contribution in [0.1, 0.15) is 10.4 Å². The van der Waals surface area contributed by atoms with Crippen LogP contribution in [0.15, 0.2) is 18.2 Å². The van der Waals surface area contributed by atoms with Gasteiger partial charge in [-0.3, -0.25) is 0 Å². The summed E-state index contributed by atoms with van der Waals surface area (Å²) in [6.45, 7) is 0. The third-order valence-corrected chi connectivity index (χ3v) is 1.30. The maximum atomic E-state index is 10.4. The SMILES string of the molecule is Nc1cccc(C(=O)O)c1O.[Al]. The van der Waals surface area contributed by atoms with Gasteiger partial charge in [0.2, 0.25) is 0 Å². The second-order valence-electron chi connectivity index (χ2n) is 2.05. The van der Waals surface area contributed by atoms with Crippen LogP contribution in [0.3, 0.4) is 0 Å². The van der Waals surface area contributed by atoms with E-state index in [-0.39, 0.29) is 34.4 Å². The lowest BCUT2D eigenvalue weighted by atomic mass is 10.2. The molecule has 0 unspecified atom stereocenters. The van der Waals surface area contributed by atoms with Crippen LogP contribution >= 0.6 is 0 Å². The van der Waals surface area contributed by atoms with Crippen LogP contribution in [0.4, 0.5) is 5.69 Å². The Kier molecular flexibility index (Phi) is 3.61. The zero-order valence-corrected chi connectivity index (χ0v) is 7.34. The van der Waals surface area contributed by atoms with Crippen molar-refractivity contribution in [3.8, 4) is 5.75 Å². The van der Waals surface area contributed by atoms with E-state index >= 15 is 0 Å². The summed E-state index contributed by atoms with van der Waals surface area (Å²) in [5, 5.41) is 17.5. The number of benzene rings is 1. The maximum Gasteiger partial charge on any atom is 0.339 e. The van der Waals surface area contributed by atoms with E-state index in [2.05, 4.69) is 0 Å². The molecule has 0 heterocycles. The fourth-order valence-corrected chi connectivity index (χ4v) is 0.734. The molecule has 61 valence electrons. The van der Waals surface area contributed by atoms with E-state index in [1.54, 1.807) is 0 Å². The average molecular weight is 180 g/mol. The molecule has 5 heteroatoms. The standard InChI is InChI=1S/C7H7NO3.Al/c8-5-3-1-2-4(6(5)9)7(10)11;/h1-3,9H,8H2,(H,10,11);. The number of phenols is 1. The highest BCUT2D eigenvalue weighted by Crippen LogP contribution is 2.23. The van der Waals surface area contributed by atoms with Gasteiger partial charge in [0.25, 0.3) is 0 Å². The van der Waals surface area contributed by atoms with Gasteiger partial charge in [-0.1, -0.05) is 6.07 Å². The zero-order valence-electron chi connectivity index (χ0n) is 6.19. The molecule has 12 heavy (non-hydrogen) atoms. The van der Waals surface area contributed by atoms with Gasteiger partial charge in [-0.05, 0) is 12.1 Å². The molecule has 3 radical (unpaired) electrons. The Morgan fingerprint density at radius 1 is 1.42 bits per heavy atom. The first-order valence-corrected chi connectivity index (χ1v) is 2.93. The molecule has 1 rings (SSSR count). The molecule has 1 aromatic carbocycles. The number of carboxylic acid groups (broad SMARTS) is 1. The van der Waals surface area contributed by atoms with Crippen molar-refractivity contribution in [3.63, 3.8) is 0 Å². The topological polar surface area (TPSA) is 83.6 Å². The van der Waals surface area contributed by atoms with Crippen LogP contribution in [0.2, 0.25) is 0 Å². The highest BCUT2D eigenvalue weighted by molar-refractivity contribution is 5.92. The largest absolute Gasteiger partial charge is 0.505 e. The molecule has 0 atom stereocenters. The minimum Gasteiger partial charge on any atom is -0.505 e. The Morgan fingerprint density at radius 2 is 2.00 bits per heavy atom. The number of anilines is 1. The Morgan fingerprint density at radius 3 is 2.42 bits per heavy atom. The van der Waals surface area contributed by atoms with Crippen LogP contribution < -0.4 is 5.73 Å². The van der Waals surface area contributed by atoms with Crippen molar-refractivity contribution in [1.29, 1.82) is 0 Å². The molecule has 0 fully saturated rings. The summed E-state index contributed by atoms with van der Waals surface area (Å²) in [5.41, 5.74) is 5.14. The van der Waals surface area contributed by atoms with Crippen molar-refractivity contribution in [2.45, 2.75) is 0 Å².